The van der Waals surface area contributed by atoms with Crippen LogP contribution >= 0.6 is 12.2 Å². The Hall–Kier alpha value is -1.72. The highest BCUT2D eigenvalue weighted by Gasteiger charge is 2.20. The molecule has 21 heavy (non-hydrogen) atoms. The smallest absolute Gasteiger partial charge is 0.127 e. The van der Waals surface area contributed by atoms with Crippen LogP contribution in [0, 0.1) is 0 Å². The summed E-state index contributed by atoms with van der Waals surface area (Å²) in [6.45, 7) is 5.13. The molecule has 0 spiro atoms. The van der Waals surface area contributed by atoms with Crippen molar-refractivity contribution < 1.29 is 0 Å². The molecule has 3 N–H and O–H groups in total. The van der Waals surface area contributed by atoms with Crippen LogP contribution in [-0.4, -0.2) is 41.1 Å². The highest BCUT2D eigenvalue weighted by atomic mass is 32.1. The van der Waals surface area contributed by atoms with E-state index >= 15 is 0 Å². The molecule has 4 nitrogen and oxygen atoms in total. The lowest BCUT2D eigenvalue weighted by Gasteiger charge is -2.32. The van der Waals surface area contributed by atoms with Crippen molar-refractivity contribution in [3.63, 3.8) is 0 Å². The number of hydrogen-bond acceptors (Lipinski definition) is 4. The Morgan fingerprint density at radius 1 is 1.33 bits per heavy atom. The molecule has 112 valence electrons. The molecule has 2 rings (SSSR count). The van der Waals surface area contributed by atoms with Gasteiger partial charge in [0.2, 0.25) is 0 Å². The third kappa shape index (κ3) is 3.49. The third-order valence-corrected chi connectivity index (χ3v) is 4.11. The number of benzene rings is 1. The molecule has 0 amide bonds. The minimum atomic E-state index is 0.0245. The number of fused-ring (bicyclic) bond motifs is 1. The lowest BCUT2D eigenvalue weighted by Crippen LogP contribution is -2.44. The summed E-state index contributed by atoms with van der Waals surface area (Å²) in [5, 5.41) is 4.37. The first-order chi connectivity index (χ1) is 9.81. The molecule has 0 aliphatic rings. The molecule has 0 aliphatic heterocycles. The largest absolute Gasteiger partial charge is 0.389 e. The van der Waals surface area contributed by atoms with Gasteiger partial charge < -0.3 is 16.0 Å². The van der Waals surface area contributed by atoms with Crippen molar-refractivity contribution in [3.8, 4) is 0 Å². The molecule has 0 radical (unpaired) electrons. The highest BCUT2D eigenvalue weighted by molar-refractivity contribution is 7.80. The van der Waals surface area contributed by atoms with Gasteiger partial charge in [-0.3, -0.25) is 0 Å². The number of hydrogen-bond donors (Lipinski definition) is 2. The summed E-state index contributed by atoms with van der Waals surface area (Å²) in [5.74, 6) is 0.798. The molecular formula is C16H22N4S. The van der Waals surface area contributed by atoms with Crippen LogP contribution in [0.3, 0.4) is 0 Å². The SMILES string of the molecule is CN(C)C(C)(C)CNc1cc(C(N)=S)c2ccccc2n1. The van der Waals surface area contributed by atoms with Crippen molar-refractivity contribution in [2.75, 3.05) is 26.0 Å². The van der Waals surface area contributed by atoms with Gasteiger partial charge in [0, 0.05) is 23.0 Å². The van der Waals surface area contributed by atoms with Crippen LogP contribution < -0.4 is 11.1 Å². The predicted octanol–water partition coefficient (Wildman–Crippen LogP) is 2.62. The summed E-state index contributed by atoms with van der Waals surface area (Å²) in [4.78, 5) is 7.20. The number of nitrogens with two attached hydrogens (primary N) is 1. The Labute approximate surface area is 131 Å². The summed E-state index contributed by atoms with van der Waals surface area (Å²) >= 11 is 5.16. The molecule has 0 unspecified atom stereocenters. The Balaban J connectivity index is 2.35. The first kappa shape index (κ1) is 15.7. The maximum Gasteiger partial charge on any atom is 0.127 e. The minimum Gasteiger partial charge on any atom is -0.389 e. The molecule has 2 aromatic rings. The second-order valence-corrected chi connectivity index (χ2v) is 6.44. The van der Waals surface area contributed by atoms with E-state index in [9.17, 15) is 0 Å². The summed E-state index contributed by atoms with van der Waals surface area (Å²) in [6.07, 6.45) is 0. The van der Waals surface area contributed by atoms with Gasteiger partial charge >= 0.3 is 0 Å². The van der Waals surface area contributed by atoms with E-state index in [1.54, 1.807) is 0 Å². The van der Waals surface area contributed by atoms with Crippen molar-refractivity contribution in [3.05, 3.63) is 35.9 Å². The second-order valence-electron chi connectivity index (χ2n) is 6.00. The van der Waals surface area contributed by atoms with Crippen molar-refractivity contribution in [2.45, 2.75) is 19.4 Å². The maximum absolute atomic E-state index is 5.85. The van der Waals surface area contributed by atoms with Crippen LogP contribution in [0.1, 0.15) is 19.4 Å². The summed E-state index contributed by atoms with van der Waals surface area (Å²) in [6, 6.07) is 9.82. The Morgan fingerprint density at radius 2 is 2.00 bits per heavy atom. The van der Waals surface area contributed by atoms with E-state index in [0.717, 1.165) is 28.8 Å². The normalized spacial score (nSPS) is 11.9. The fourth-order valence-corrected chi connectivity index (χ4v) is 2.10. The van der Waals surface area contributed by atoms with Gasteiger partial charge in [-0.05, 0) is 40.1 Å². The van der Waals surface area contributed by atoms with Gasteiger partial charge in [-0.15, -0.1) is 0 Å². The standard InChI is InChI=1S/C16H22N4S/c1-16(2,20(3)4)10-18-14-9-12(15(17)21)11-7-5-6-8-13(11)19-14/h5-9H,10H2,1-4H3,(H2,17,21)(H,18,19). The quantitative estimate of drug-likeness (QED) is 0.832. The number of nitrogens with one attached hydrogen (secondary N) is 1. The van der Waals surface area contributed by atoms with E-state index < -0.39 is 0 Å². The monoisotopic (exact) mass is 302 g/mol. The van der Waals surface area contributed by atoms with E-state index in [4.69, 9.17) is 18.0 Å². The zero-order valence-electron chi connectivity index (χ0n) is 13.0. The van der Waals surface area contributed by atoms with Gasteiger partial charge in [0.05, 0.1) is 5.52 Å². The Kier molecular flexibility index (Phi) is 4.44. The van der Waals surface area contributed by atoms with Crippen molar-refractivity contribution in [1.82, 2.24) is 9.88 Å². The minimum absolute atomic E-state index is 0.0245. The van der Waals surface area contributed by atoms with Crippen LogP contribution in [0.25, 0.3) is 10.9 Å². The molecule has 0 atom stereocenters. The lowest BCUT2D eigenvalue weighted by molar-refractivity contribution is 0.210. The van der Waals surface area contributed by atoms with Crippen molar-refractivity contribution in [1.29, 1.82) is 0 Å². The van der Waals surface area contributed by atoms with Gasteiger partial charge in [0.15, 0.2) is 0 Å². The van der Waals surface area contributed by atoms with Crippen molar-refractivity contribution >= 4 is 33.9 Å². The van der Waals surface area contributed by atoms with E-state index in [1.807, 2.05) is 30.3 Å². The Bertz CT molecular complexity index is 664. The molecule has 1 aromatic carbocycles. The number of thiocarbonyl (C=S) groups is 1. The highest BCUT2D eigenvalue weighted by Crippen LogP contribution is 2.21. The number of rotatable bonds is 5. The van der Waals surface area contributed by atoms with Gasteiger partial charge in [0.1, 0.15) is 10.8 Å². The van der Waals surface area contributed by atoms with Gasteiger partial charge in [-0.2, -0.15) is 0 Å². The summed E-state index contributed by atoms with van der Waals surface area (Å²) < 4.78 is 0. The van der Waals surface area contributed by atoms with Crippen LogP contribution in [0.4, 0.5) is 5.82 Å². The van der Waals surface area contributed by atoms with Crippen LogP contribution in [0.5, 0.6) is 0 Å². The van der Waals surface area contributed by atoms with E-state index in [0.29, 0.717) is 4.99 Å². The molecule has 0 bridgehead atoms. The molecule has 0 saturated carbocycles. The fraction of sp³-hybridized carbons (Fsp3) is 0.375. The number of aromatic nitrogens is 1. The lowest BCUT2D eigenvalue weighted by atomic mass is 10.0. The van der Waals surface area contributed by atoms with E-state index in [2.05, 4.69) is 43.1 Å². The average molecular weight is 302 g/mol. The first-order valence-corrected chi connectivity index (χ1v) is 7.33. The zero-order valence-corrected chi connectivity index (χ0v) is 13.8. The number of likely N-dealkylation sites (N-methyl/N-ethyl adjacent to an activating group) is 1. The molecule has 1 heterocycles. The summed E-state index contributed by atoms with van der Waals surface area (Å²) in [5.41, 5.74) is 7.63. The molecule has 0 saturated heterocycles. The number of pyridine rings is 1. The van der Waals surface area contributed by atoms with Crippen molar-refractivity contribution in [2.24, 2.45) is 5.73 Å². The van der Waals surface area contributed by atoms with Crippen LogP contribution in [0.15, 0.2) is 30.3 Å². The molecule has 5 heteroatoms. The molecular weight excluding hydrogens is 280 g/mol. The second kappa shape index (κ2) is 5.95. The van der Waals surface area contributed by atoms with E-state index in [-0.39, 0.29) is 5.54 Å². The summed E-state index contributed by atoms with van der Waals surface area (Å²) in [7, 11) is 4.13. The fourth-order valence-electron chi connectivity index (χ4n) is 1.93. The number of anilines is 1. The average Bonchev–Trinajstić information content (AvgIpc) is 2.44. The maximum atomic E-state index is 5.85. The number of para-hydroxylation sites is 1. The zero-order chi connectivity index (χ0) is 15.6. The van der Waals surface area contributed by atoms with Crippen LogP contribution in [-0.2, 0) is 0 Å². The Morgan fingerprint density at radius 3 is 2.62 bits per heavy atom. The topological polar surface area (TPSA) is 54.2 Å². The van der Waals surface area contributed by atoms with Gasteiger partial charge in [0.25, 0.3) is 0 Å². The first-order valence-electron chi connectivity index (χ1n) is 6.92. The predicted molar refractivity (Wildman–Crippen MR) is 93.9 cm³/mol. The van der Waals surface area contributed by atoms with Gasteiger partial charge in [-0.1, -0.05) is 30.4 Å². The van der Waals surface area contributed by atoms with Gasteiger partial charge in [-0.25, -0.2) is 4.98 Å². The third-order valence-electron chi connectivity index (χ3n) is 3.89. The number of nitrogens with zero attached hydrogens (tertiary/aromatic N) is 2. The molecule has 0 fully saturated rings. The molecule has 0 aliphatic carbocycles. The van der Waals surface area contributed by atoms with E-state index in [1.165, 1.54) is 0 Å². The molecule has 1 aromatic heterocycles. The van der Waals surface area contributed by atoms with Crippen LogP contribution in [0.2, 0.25) is 0 Å².